The van der Waals surface area contributed by atoms with Gasteiger partial charge in [0.1, 0.15) is 6.10 Å². The molecule has 4 aliphatic rings. The van der Waals surface area contributed by atoms with E-state index in [1.165, 1.54) is 37.1 Å². The summed E-state index contributed by atoms with van der Waals surface area (Å²) in [6.07, 6.45) is 4.09. The van der Waals surface area contributed by atoms with E-state index in [0.717, 1.165) is 63.7 Å². The summed E-state index contributed by atoms with van der Waals surface area (Å²) in [5.74, 6) is 0.519. The molecule has 236 valence electrons. The number of hydrogen-bond donors (Lipinski definition) is 1. The van der Waals surface area contributed by atoms with Crippen LogP contribution in [0.1, 0.15) is 68.1 Å². The highest BCUT2D eigenvalue weighted by atomic mass is 19.4. The number of ether oxygens (including phenoxy) is 2. The fourth-order valence-electron chi connectivity index (χ4n) is 7.79. The monoisotopic (exact) mass is 608 g/mol. The van der Waals surface area contributed by atoms with Gasteiger partial charge in [-0.15, -0.1) is 0 Å². The number of hydrogen-bond acceptors (Lipinski definition) is 5. The Balaban J connectivity index is 0.000000181. The van der Waals surface area contributed by atoms with Crippen molar-refractivity contribution in [3.63, 3.8) is 0 Å². The van der Waals surface area contributed by atoms with Crippen molar-refractivity contribution in [2.24, 2.45) is 0 Å². The minimum atomic E-state index is -4.40. The zero-order valence-corrected chi connectivity index (χ0v) is 25.3. The van der Waals surface area contributed by atoms with E-state index in [1.54, 1.807) is 0 Å². The van der Waals surface area contributed by atoms with Crippen LogP contribution < -0.4 is 9.47 Å². The highest BCUT2D eigenvalue weighted by Gasteiger charge is 2.42. The standard InChI is InChI=1S/C22H24F3NO2.C14H19NO/c1-27-21-11-16(22(23,24)25)7-10-20(21)28-19-12-17-8-9-18(13-19)26(17)14-15-5-3-2-4-6-15;16-14-8-12-6-7-13(9-14)15(12)10-11-4-2-1-3-5-11/h2-7,10-11,17-19H,8-9,12-14H2,1H3;1-5,12-14,16H,6-10H2/t17-,18+,19?;12-,13+,14?. The van der Waals surface area contributed by atoms with Gasteiger partial charge in [-0.25, -0.2) is 0 Å². The molecule has 1 N–H and O–H groups in total. The second-order valence-electron chi connectivity index (χ2n) is 12.8. The predicted molar refractivity (Wildman–Crippen MR) is 164 cm³/mol. The fraction of sp³-hybridized carbons (Fsp3) is 0.500. The van der Waals surface area contributed by atoms with Gasteiger partial charge in [0.05, 0.1) is 18.8 Å². The number of alkyl halides is 3. The lowest BCUT2D eigenvalue weighted by Gasteiger charge is -2.39. The van der Waals surface area contributed by atoms with Crippen LogP contribution in [0, 0.1) is 0 Å². The first-order valence-corrected chi connectivity index (χ1v) is 16.0. The molecule has 4 saturated heterocycles. The number of piperidine rings is 2. The van der Waals surface area contributed by atoms with Gasteiger partial charge in [-0.1, -0.05) is 60.7 Å². The van der Waals surface area contributed by atoms with Crippen molar-refractivity contribution in [3.8, 4) is 11.5 Å². The number of halogens is 3. The summed E-state index contributed by atoms with van der Waals surface area (Å²) in [6, 6.07) is 26.7. The Labute approximate surface area is 258 Å². The number of aliphatic hydroxyl groups is 1. The van der Waals surface area contributed by atoms with Crippen LogP contribution in [-0.4, -0.2) is 58.4 Å². The van der Waals surface area contributed by atoms with Crippen LogP contribution in [0.15, 0.2) is 78.9 Å². The van der Waals surface area contributed by atoms with Crippen LogP contribution in [0.4, 0.5) is 13.2 Å². The minimum Gasteiger partial charge on any atom is -0.493 e. The SMILES string of the molecule is COc1cc(C(F)(F)F)ccc1OC1C[C@H]2CC[C@@H](C1)N2Cc1ccccc1.OC1C[C@H]2CC[C@@H](C1)N2Cc1ccccc1. The van der Waals surface area contributed by atoms with E-state index in [0.29, 0.717) is 29.9 Å². The Hall–Kier alpha value is -3.07. The number of nitrogens with zero attached hydrogens (tertiary/aromatic N) is 2. The smallest absolute Gasteiger partial charge is 0.416 e. The third kappa shape index (κ3) is 7.24. The molecule has 2 unspecified atom stereocenters. The number of fused-ring (bicyclic) bond motifs is 4. The van der Waals surface area contributed by atoms with E-state index in [4.69, 9.17) is 9.47 Å². The summed E-state index contributed by atoms with van der Waals surface area (Å²) >= 11 is 0. The maximum atomic E-state index is 12.9. The quantitative estimate of drug-likeness (QED) is 0.302. The van der Waals surface area contributed by atoms with Gasteiger partial charge in [0.25, 0.3) is 0 Å². The maximum Gasteiger partial charge on any atom is 0.416 e. The Morgan fingerprint density at radius 2 is 1.16 bits per heavy atom. The lowest BCUT2D eigenvalue weighted by molar-refractivity contribution is -0.137. The van der Waals surface area contributed by atoms with Crippen LogP contribution in [-0.2, 0) is 19.3 Å². The molecule has 7 rings (SSSR count). The summed E-state index contributed by atoms with van der Waals surface area (Å²) in [5.41, 5.74) is 1.98. The predicted octanol–water partition coefficient (Wildman–Crippen LogP) is 7.46. The summed E-state index contributed by atoms with van der Waals surface area (Å²) in [4.78, 5) is 5.15. The lowest BCUT2D eigenvalue weighted by atomic mass is 9.98. The first-order chi connectivity index (χ1) is 21.3. The molecule has 0 spiro atoms. The van der Waals surface area contributed by atoms with E-state index in [2.05, 4.69) is 64.4 Å². The first kappa shape index (κ1) is 30.9. The van der Waals surface area contributed by atoms with Gasteiger partial charge in [0.15, 0.2) is 11.5 Å². The summed E-state index contributed by atoms with van der Waals surface area (Å²) in [5, 5.41) is 9.75. The maximum absolute atomic E-state index is 12.9. The summed E-state index contributed by atoms with van der Waals surface area (Å²) in [6.45, 7) is 2.00. The molecule has 6 atom stereocenters. The number of aliphatic hydroxyl groups excluding tert-OH is 1. The van der Waals surface area contributed by atoms with Gasteiger partial charge in [0, 0.05) is 37.3 Å². The van der Waals surface area contributed by atoms with Crippen molar-refractivity contribution in [3.05, 3.63) is 95.6 Å². The Morgan fingerprint density at radius 3 is 1.61 bits per heavy atom. The minimum absolute atomic E-state index is 0.00448. The Kier molecular flexibility index (Phi) is 9.50. The van der Waals surface area contributed by atoms with E-state index in [1.807, 2.05) is 6.07 Å². The number of benzene rings is 3. The van der Waals surface area contributed by atoms with Crippen molar-refractivity contribution >= 4 is 0 Å². The second kappa shape index (κ2) is 13.5. The largest absolute Gasteiger partial charge is 0.493 e. The third-order valence-corrected chi connectivity index (χ3v) is 9.90. The summed E-state index contributed by atoms with van der Waals surface area (Å²) < 4.78 is 50.0. The number of rotatable bonds is 7. The highest BCUT2D eigenvalue weighted by molar-refractivity contribution is 5.44. The van der Waals surface area contributed by atoms with Gasteiger partial charge in [0.2, 0.25) is 0 Å². The molecule has 0 aliphatic carbocycles. The molecule has 8 heteroatoms. The molecule has 3 aromatic carbocycles. The van der Waals surface area contributed by atoms with Crippen molar-refractivity contribution in [2.75, 3.05) is 7.11 Å². The van der Waals surface area contributed by atoms with Crippen LogP contribution >= 0.6 is 0 Å². The fourth-order valence-corrected chi connectivity index (χ4v) is 7.79. The summed E-state index contributed by atoms with van der Waals surface area (Å²) in [7, 11) is 1.37. The van der Waals surface area contributed by atoms with Gasteiger partial charge in [-0.3, -0.25) is 9.80 Å². The van der Waals surface area contributed by atoms with Gasteiger partial charge < -0.3 is 14.6 Å². The molecular weight excluding hydrogens is 565 g/mol. The van der Waals surface area contributed by atoms with Gasteiger partial charge in [-0.05, 0) is 80.7 Å². The Bertz CT molecular complexity index is 1330. The number of methoxy groups -OCH3 is 1. The van der Waals surface area contributed by atoms with Crippen LogP contribution in [0.25, 0.3) is 0 Å². The van der Waals surface area contributed by atoms with Crippen molar-refractivity contribution in [1.29, 1.82) is 0 Å². The van der Waals surface area contributed by atoms with Crippen LogP contribution in [0.5, 0.6) is 11.5 Å². The van der Waals surface area contributed by atoms with E-state index < -0.39 is 11.7 Å². The van der Waals surface area contributed by atoms with Crippen molar-refractivity contribution in [1.82, 2.24) is 9.80 Å². The molecule has 0 aromatic heterocycles. The molecule has 4 fully saturated rings. The average molecular weight is 609 g/mol. The average Bonchev–Trinajstić information content (AvgIpc) is 3.38. The lowest BCUT2D eigenvalue weighted by Crippen LogP contribution is -2.45. The molecule has 4 heterocycles. The molecule has 3 aromatic rings. The second-order valence-corrected chi connectivity index (χ2v) is 12.8. The van der Waals surface area contributed by atoms with Crippen molar-refractivity contribution < 1.29 is 27.8 Å². The third-order valence-electron chi connectivity index (χ3n) is 9.90. The molecule has 0 saturated carbocycles. The molecule has 0 amide bonds. The van der Waals surface area contributed by atoms with Crippen LogP contribution in [0.2, 0.25) is 0 Å². The molecular formula is C36H43F3N2O3. The molecule has 5 nitrogen and oxygen atoms in total. The topological polar surface area (TPSA) is 45.2 Å². The highest BCUT2D eigenvalue weighted by Crippen LogP contribution is 2.41. The molecule has 0 radical (unpaired) electrons. The molecule has 4 aliphatic heterocycles. The van der Waals surface area contributed by atoms with Gasteiger partial charge >= 0.3 is 6.18 Å². The van der Waals surface area contributed by atoms with E-state index >= 15 is 0 Å². The first-order valence-electron chi connectivity index (χ1n) is 16.0. The zero-order chi connectivity index (χ0) is 30.7. The Morgan fingerprint density at radius 1 is 0.682 bits per heavy atom. The molecule has 44 heavy (non-hydrogen) atoms. The van der Waals surface area contributed by atoms with Crippen molar-refractivity contribution in [2.45, 2.75) is 107 Å². The van der Waals surface area contributed by atoms with Gasteiger partial charge in [-0.2, -0.15) is 13.2 Å². The van der Waals surface area contributed by atoms with E-state index in [-0.39, 0.29) is 18.0 Å². The zero-order valence-electron chi connectivity index (χ0n) is 25.3. The normalized spacial score (nSPS) is 28.3. The van der Waals surface area contributed by atoms with Crippen LogP contribution in [0.3, 0.4) is 0 Å². The van der Waals surface area contributed by atoms with E-state index in [9.17, 15) is 18.3 Å². The molecule has 4 bridgehead atoms.